The third-order valence-corrected chi connectivity index (χ3v) is 2.47. The van der Waals surface area contributed by atoms with Gasteiger partial charge in [-0.1, -0.05) is 12.1 Å². The fraction of sp³-hybridized carbons (Fsp3) is 0.455. The standard InChI is InChI=1S/C11H14FNO/c1-8-2-3-9(4-11(8)12)7-14-10-5-13-6-10/h2-4,10,13H,5-7H2,1H3. The molecule has 0 aliphatic carbocycles. The Balaban J connectivity index is 1.91. The van der Waals surface area contributed by atoms with Gasteiger partial charge in [0.1, 0.15) is 5.82 Å². The van der Waals surface area contributed by atoms with Gasteiger partial charge in [0.05, 0.1) is 12.7 Å². The zero-order valence-corrected chi connectivity index (χ0v) is 8.22. The van der Waals surface area contributed by atoms with E-state index in [-0.39, 0.29) is 5.82 Å². The summed E-state index contributed by atoms with van der Waals surface area (Å²) in [6, 6.07) is 5.24. The van der Waals surface area contributed by atoms with Crippen LogP contribution in [-0.4, -0.2) is 19.2 Å². The number of rotatable bonds is 3. The normalized spacial score (nSPS) is 16.7. The quantitative estimate of drug-likeness (QED) is 0.791. The first-order valence-corrected chi connectivity index (χ1v) is 4.83. The van der Waals surface area contributed by atoms with Crippen LogP contribution in [0.15, 0.2) is 18.2 Å². The summed E-state index contributed by atoms with van der Waals surface area (Å²) in [5.74, 6) is -0.155. The van der Waals surface area contributed by atoms with Crippen LogP contribution in [-0.2, 0) is 11.3 Å². The van der Waals surface area contributed by atoms with Crippen LogP contribution in [0.4, 0.5) is 4.39 Å². The number of benzene rings is 1. The molecule has 0 bridgehead atoms. The number of nitrogens with one attached hydrogen (secondary N) is 1. The molecule has 0 saturated carbocycles. The molecule has 0 aromatic heterocycles. The Bertz CT molecular complexity index is 323. The van der Waals surface area contributed by atoms with Crippen molar-refractivity contribution in [2.75, 3.05) is 13.1 Å². The third-order valence-electron chi connectivity index (χ3n) is 2.47. The second-order valence-corrected chi connectivity index (χ2v) is 3.67. The van der Waals surface area contributed by atoms with Crippen molar-refractivity contribution in [3.05, 3.63) is 35.1 Å². The Morgan fingerprint density at radius 3 is 2.86 bits per heavy atom. The Kier molecular flexibility index (Phi) is 2.79. The molecule has 76 valence electrons. The summed E-state index contributed by atoms with van der Waals surface area (Å²) in [6.45, 7) is 4.09. The highest BCUT2D eigenvalue weighted by molar-refractivity contribution is 5.22. The van der Waals surface area contributed by atoms with Gasteiger partial charge in [0.25, 0.3) is 0 Å². The lowest BCUT2D eigenvalue weighted by molar-refractivity contribution is 0.00748. The van der Waals surface area contributed by atoms with E-state index in [0.717, 1.165) is 18.7 Å². The van der Waals surface area contributed by atoms with Crippen molar-refractivity contribution < 1.29 is 9.13 Å². The minimum Gasteiger partial charge on any atom is -0.371 e. The highest BCUT2D eigenvalue weighted by Gasteiger charge is 2.16. The highest BCUT2D eigenvalue weighted by atomic mass is 19.1. The molecule has 1 aromatic rings. The Morgan fingerprint density at radius 1 is 1.50 bits per heavy atom. The van der Waals surface area contributed by atoms with Gasteiger partial charge in [-0.15, -0.1) is 0 Å². The van der Waals surface area contributed by atoms with E-state index >= 15 is 0 Å². The lowest BCUT2D eigenvalue weighted by Gasteiger charge is -2.27. The minimum absolute atomic E-state index is 0.155. The van der Waals surface area contributed by atoms with Crippen LogP contribution in [0.3, 0.4) is 0 Å². The van der Waals surface area contributed by atoms with Crippen molar-refractivity contribution in [3.8, 4) is 0 Å². The summed E-state index contributed by atoms with van der Waals surface area (Å²) in [5.41, 5.74) is 1.58. The molecule has 0 amide bonds. The molecule has 2 nitrogen and oxygen atoms in total. The van der Waals surface area contributed by atoms with Gasteiger partial charge in [0.15, 0.2) is 0 Å². The average molecular weight is 195 g/mol. The van der Waals surface area contributed by atoms with Gasteiger partial charge in [-0.05, 0) is 24.1 Å². The first-order valence-electron chi connectivity index (χ1n) is 4.83. The summed E-state index contributed by atoms with van der Waals surface area (Å²) in [4.78, 5) is 0. The van der Waals surface area contributed by atoms with E-state index in [1.165, 1.54) is 0 Å². The molecule has 2 rings (SSSR count). The van der Waals surface area contributed by atoms with Crippen LogP contribution in [0.25, 0.3) is 0 Å². The molecule has 1 aromatic carbocycles. The molecule has 0 spiro atoms. The molecule has 1 heterocycles. The molecule has 1 aliphatic rings. The largest absolute Gasteiger partial charge is 0.371 e. The number of ether oxygens (including phenoxy) is 1. The lowest BCUT2D eigenvalue weighted by Crippen LogP contribution is -2.48. The summed E-state index contributed by atoms with van der Waals surface area (Å²) < 4.78 is 18.7. The maximum absolute atomic E-state index is 13.1. The molecular weight excluding hydrogens is 181 g/mol. The van der Waals surface area contributed by atoms with Crippen molar-refractivity contribution >= 4 is 0 Å². The van der Waals surface area contributed by atoms with E-state index < -0.39 is 0 Å². The Labute approximate surface area is 83.1 Å². The minimum atomic E-state index is -0.155. The monoisotopic (exact) mass is 195 g/mol. The molecule has 0 atom stereocenters. The predicted molar refractivity (Wildman–Crippen MR) is 52.6 cm³/mol. The molecule has 1 saturated heterocycles. The molecule has 0 radical (unpaired) electrons. The number of halogens is 1. The smallest absolute Gasteiger partial charge is 0.126 e. The van der Waals surface area contributed by atoms with Gasteiger partial charge in [-0.3, -0.25) is 0 Å². The number of aryl methyl sites for hydroxylation is 1. The Morgan fingerprint density at radius 2 is 2.29 bits per heavy atom. The van der Waals surface area contributed by atoms with Crippen molar-refractivity contribution in [1.29, 1.82) is 0 Å². The molecule has 0 unspecified atom stereocenters. The number of hydrogen-bond donors (Lipinski definition) is 1. The summed E-state index contributed by atoms with van der Waals surface area (Å²) in [6.07, 6.45) is 0.305. The van der Waals surface area contributed by atoms with Crippen molar-refractivity contribution in [3.63, 3.8) is 0 Å². The van der Waals surface area contributed by atoms with E-state index in [9.17, 15) is 4.39 Å². The number of hydrogen-bond acceptors (Lipinski definition) is 2. The summed E-state index contributed by atoms with van der Waals surface area (Å²) >= 11 is 0. The maximum atomic E-state index is 13.1. The highest BCUT2D eigenvalue weighted by Crippen LogP contribution is 2.11. The second kappa shape index (κ2) is 4.07. The van der Waals surface area contributed by atoms with Gasteiger partial charge in [-0.2, -0.15) is 0 Å². The van der Waals surface area contributed by atoms with E-state index in [4.69, 9.17) is 4.74 Å². The van der Waals surface area contributed by atoms with Crippen LogP contribution in [0.1, 0.15) is 11.1 Å². The molecule has 3 heteroatoms. The van der Waals surface area contributed by atoms with E-state index in [1.54, 1.807) is 19.1 Å². The van der Waals surface area contributed by atoms with Crippen molar-refractivity contribution in [1.82, 2.24) is 5.32 Å². The zero-order chi connectivity index (χ0) is 9.97. The Hall–Kier alpha value is -0.930. The molecule has 1 aliphatic heterocycles. The fourth-order valence-corrected chi connectivity index (χ4v) is 1.32. The first-order chi connectivity index (χ1) is 6.75. The van der Waals surface area contributed by atoms with Gasteiger partial charge < -0.3 is 10.1 Å². The van der Waals surface area contributed by atoms with Crippen LogP contribution in [0.5, 0.6) is 0 Å². The SMILES string of the molecule is Cc1ccc(COC2CNC2)cc1F. The van der Waals surface area contributed by atoms with Crippen molar-refractivity contribution in [2.45, 2.75) is 19.6 Å². The second-order valence-electron chi connectivity index (χ2n) is 3.67. The zero-order valence-electron chi connectivity index (χ0n) is 8.22. The summed E-state index contributed by atoms with van der Waals surface area (Å²) in [7, 11) is 0. The van der Waals surface area contributed by atoms with Crippen LogP contribution in [0.2, 0.25) is 0 Å². The molecule has 1 N–H and O–H groups in total. The van der Waals surface area contributed by atoms with E-state index in [0.29, 0.717) is 18.3 Å². The van der Waals surface area contributed by atoms with Crippen LogP contribution < -0.4 is 5.32 Å². The van der Waals surface area contributed by atoms with Crippen molar-refractivity contribution in [2.24, 2.45) is 0 Å². The maximum Gasteiger partial charge on any atom is 0.126 e. The topological polar surface area (TPSA) is 21.3 Å². The summed E-state index contributed by atoms with van der Waals surface area (Å²) in [5, 5.41) is 3.12. The van der Waals surface area contributed by atoms with E-state index in [1.807, 2.05) is 6.07 Å². The predicted octanol–water partition coefficient (Wildman–Crippen LogP) is 1.62. The van der Waals surface area contributed by atoms with Gasteiger partial charge in [0, 0.05) is 13.1 Å². The fourth-order valence-electron chi connectivity index (χ4n) is 1.32. The van der Waals surface area contributed by atoms with Gasteiger partial charge in [-0.25, -0.2) is 4.39 Å². The van der Waals surface area contributed by atoms with Gasteiger partial charge >= 0.3 is 0 Å². The average Bonchev–Trinajstić information content (AvgIpc) is 2.08. The molecular formula is C11H14FNO. The van der Waals surface area contributed by atoms with Gasteiger partial charge in [0.2, 0.25) is 0 Å². The van der Waals surface area contributed by atoms with Crippen LogP contribution in [0, 0.1) is 12.7 Å². The molecule has 1 fully saturated rings. The van der Waals surface area contributed by atoms with Crippen LogP contribution >= 0.6 is 0 Å². The van der Waals surface area contributed by atoms with E-state index in [2.05, 4.69) is 5.32 Å². The third kappa shape index (κ3) is 2.11. The lowest BCUT2D eigenvalue weighted by atomic mass is 10.1. The molecule has 14 heavy (non-hydrogen) atoms. The first kappa shape index (κ1) is 9.62.